The molecule has 1 heterocycles. The number of amides is 2. The molecular formula is C29H27Cl2N3O4. The van der Waals surface area contributed by atoms with Crippen LogP contribution in [0, 0.1) is 0 Å². The van der Waals surface area contributed by atoms with Gasteiger partial charge in [-0.1, -0.05) is 65.7 Å². The van der Waals surface area contributed by atoms with Crippen molar-refractivity contribution >= 4 is 57.9 Å². The molecule has 3 aromatic rings. The van der Waals surface area contributed by atoms with Crippen molar-refractivity contribution in [3.8, 4) is 0 Å². The number of anilines is 2. The van der Waals surface area contributed by atoms with E-state index in [1.54, 1.807) is 24.3 Å². The predicted molar refractivity (Wildman–Crippen MR) is 150 cm³/mol. The second kappa shape index (κ2) is 12.6. The summed E-state index contributed by atoms with van der Waals surface area (Å²) in [5.74, 6) is -0.881. The van der Waals surface area contributed by atoms with Crippen molar-refractivity contribution in [3.05, 3.63) is 99.5 Å². The van der Waals surface area contributed by atoms with Crippen molar-refractivity contribution in [3.63, 3.8) is 0 Å². The number of hydrogen-bond acceptors (Lipinski definition) is 5. The summed E-state index contributed by atoms with van der Waals surface area (Å²) >= 11 is 12.7. The zero-order valence-electron chi connectivity index (χ0n) is 20.7. The lowest BCUT2D eigenvalue weighted by Crippen LogP contribution is -2.35. The molecule has 3 aromatic carbocycles. The molecule has 1 atom stereocenters. The SMILES string of the molecule is CC(=O)NCCc1ccc(NC(=O)C=C2CC(C(=O)OCc3ccccc3)Nc3cc(Cl)cc(Cl)c32)cc1. The molecular weight excluding hydrogens is 525 g/mol. The van der Waals surface area contributed by atoms with Crippen LogP contribution in [-0.4, -0.2) is 30.4 Å². The second-order valence-electron chi connectivity index (χ2n) is 8.89. The normalized spacial score (nSPS) is 15.2. The van der Waals surface area contributed by atoms with Crippen LogP contribution in [0.1, 0.15) is 30.0 Å². The summed E-state index contributed by atoms with van der Waals surface area (Å²) in [4.78, 5) is 36.9. The minimum atomic E-state index is -0.720. The molecule has 38 heavy (non-hydrogen) atoms. The van der Waals surface area contributed by atoms with Gasteiger partial charge in [0.1, 0.15) is 12.6 Å². The number of nitrogens with one attached hydrogen (secondary N) is 3. The summed E-state index contributed by atoms with van der Waals surface area (Å²) in [6.45, 7) is 2.16. The third-order valence-electron chi connectivity index (χ3n) is 5.95. The molecule has 0 aliphatic carbocycles. The first-order chi connectivity index (χ1) is 18.3. The Labute approximate surface area is 231 Å². The van der Waals surface area contributed by atoms with Crippen LogP contribution >= 0.6 is 23.2 Å². The quantitative estimate of drug-likeness (QED) is 0.249. The van der Waals surface area contributed by atoms with Crippen molar-refractivity contribution in [2.24, 2.45) is 0 Å². The van der Waals surface area contributed by atoms with Crippen LogP contribution in [-0.2, 0) is 32.1 Å². The molecule has 7 nitrogen and oxygen atoms in total. The standard InChI is InChI=1S/C29H27Cl2N3O4/c1-18(35)32-12-11-19-7-9-23(10-8-19)33-27(36)14-21-13-26(29(37)38-17-20-5-3-2-4-6-20)34-25-16-22(30)15-24(31)28(21)25/h2-10,14-16,26,34H,11-13,17H2,1H3,(H,32,35)(H,33,36). The lowest BCUT2D eigenvalue weighted by atomic mass is 9.91. The van der Waals surface area contributed by atoms with Crippen LogP contribution in [0.5, 0.6) is 0 Å². The first-order valence-corrected chi connectivity index (χ1v) is 12.9. The molecule has 1 unspecified atom stereocenters. The summed E-state index contributed by atoms with van der Waals surface area (Å²) in [6, 6.07) is 19.3. The molecule has 0 aromatic heterocycles. The molecule has 2 amide bonds. The molecule has 0 spiro atoms. The van der Waals surface area contributed by atoms with E-state index in [0.717, 1.165) is 11.1 Å². The average Bonchev–Trinajstić information content (AvgIpc) is 2.88. The monoisotopic (exact) mass is 551 g/mol. The highest BCUT2D eigenvalue weighted by Gasteiger charge is 2.30. The number of hydrogen-bond donors (Lipinski definition) is 3. The Morgan fingerprint density at radius 2 is 1.76 bits per heavy atom. The van der Waals surface area contributed by atoms with E-state index in [1.807, 2.05) is 42.5 Å². The van der Waals surface area contributed by atoms with E-state index in [4.69, 9.17) is 27.9 Å². The predicted octanol–water partition coefficient (Wildman–Crippen LogP) is 5.62. The highest BCUT2D eigenvalue weighted by atomic mass is 35.5. The number of carbonyl (C=O) groups is 3. The van der Waals surface area contributed by atoms with Gasteiger partial charge in [0.25, 0.3) is 0 Å². The average molecular weight is 552 g/mol. The molecule has 0 bridgehead atoms. The molecule has 1 aliphatic rings. The van der Waals surface area contributed by atoms with Gasteiger partial charge >= 0.3 is 5.97 Å². The number of halogens is 2. The van der Waals surface area contributed by atoms with Crippen LogP contribution in [0.25, 0.3) is 5.57 Å². The fraction of sp³-hybridized carbons (Fsp3) is 0.207. The summed E-state index contributed by atoms with van der Waals surface area (Å²) < 4.78 is 5.53. The van der Waals surface area contributed by atoms with Gasteiger partial charge in [0.05, 0.1) is 5.02 Å². The number of fused-ring (bicyclic) bond motifs is 1. The van der Waals surface area contributed by atoms with Crippen molar-refractivity contribution in [2.75, 3.05) is 17.2 Å². The van der Waals surface area contributed by atoms with Gasteiger partial charge in [-0.2, -0.15) is 0 Å². The van der Waals surface area contributed by atoms with Crippen LogP contribution in [0.2, 0.25) is 10.0 Å². The van der Waals surface area contributed by atoms with Crippen LogP contribution in [0.4, 0.5) is 11.4 Å². The van der Waals surface area contributed by atoms with E-state index in [-0.39, 0.29) is 24.8 Å². The molecule has 3 N–H and O–H groups in total. The van der Waals surface area contributed by atoms with Crippen molar-refractivity contribution in [2.45, 2.75) is 32.4 Å². The Kier molecular flexibility index (Phi) is 9.05. The highest BCUT2D eigenvalue weighted by molar-refractivity contribution is 6.36. The first-order valence-electron chi connectivity index (χ1n) is 12.1. The number of benzene rings is 3. The summed E-state index contributed by atoms with van der Waals surface area (Å²) in [6.07, 6.45) is 2.34. The van der Waals surface area contributed by atoms with E-state index in [2.05, 4.69) is 16.0 Å². The third kappa shape index (κ3) is 7.37. The lowest BCUT2D eigenvalue weighted by molar-refractivity contribution is -0.145. The van der Waals surface area contributed by atoms with E-state index in [9.17, 15) is 14.4 Å². The van der Waals surface area contributed by atoms with E-state index < -0.39 is 12.0 Å². The second-order valence-corrected chi connectivity index (χ2v) is 9.74. The zero-order valence-corrected chi connectivity index (χ0v) is 22.2. The zero-order chi connectivity index (χ0) is 27.1. The van der Waals surface area contributed by atoms with E-state index >= 15 is 0 Å². The van der Waals surface area contributed by atoms with Crippen LogP contribution < -0.4 is 16.0 Å². The van der Waals surface area contributed by atoms with Crippen molar-refractivity contribution < 1.29 is 19.1 Å². The maximum Gasteiger partial charge on any atom is 0.329 e. The molecule has 9 heteroatoms. The largest absolute Gasteiger partial charge is 0.459 e. The Bertz CT molecular complexity index is 1360. The van der Waals surface area contributed by atoms with Gasteiger partial charge in [-0.15, -0.1) is 0 Å². The maximum atomic E-state index is 12.9. The molecule has 0 fully saturated rings. The topological polar surface area (TPSA) is 96.5 Å². The number of esters is 1. The summed E-state index contributed by atoms with van der Waals surface area (Å²) in [7, 11) is 0. The fourth-order valence-electron chi connectivity index (χ4n) is 4.15. The number of rotatable bonds is 8. The molecule has 0 radical (unpaired) electrons. The van der Waals surface area contributed by atoms with E-state index in [0.29, 0.717) is 45.5 Å². The highest BCUT2D eigenvalue weighted by Crippen LogP contribution is 2.40. The van der Waals surface area contributed by atoms with Gasteiger partial charge < -0.3 is 20.7 Å². The number of ether oxygens (including phenoxy) is 1. The molecule has 4 rings (SSSR count). The van der Waals surface area contributed by atoms with Gasteiger partial charge in [-0.25, -0.2) is 4.79 Å². The van der Waals surface area contributed by atoms with Gasteiger partial charge in [0.2, 0.25) is 11.8 Å². The van der Waals surface area contributed by atoms with Crippen molar-refractivity contribution in [1.29, 1.82) is 0 Å². The summed E-state index contributed by atoms with van der Waals surface area (Å²) in [5.41, 5.74) is 4.28. The Balaban J connectivity index is 1.48. The third-order valence-corrected chi connectivity index (χ3v) is 6.47. The number of carbonyl (C=O) groups excluding carboxylic acids is 3. The smallest absolute Gasteiger partial charge is 0.329 e. The minimum absolute atomic E-state index is 0.0736. The maximum absolute atomic E-state index is 12.9. The minimum Gasteiger partial charge on any atom is -0.459 e. The lowest BCUT2D eigenvalue weighted by Gasteiger charge is -2.28. The van der Waals surface area contributed by atoms with Gasteiger partial charge in [-0.3, -0.25) is 9.59 Å². The summed E-state index contributed by atoms with van der Waals surface area (Å²) in [5, 5.41) is 9.54. The van der Waals surface area contributed by atoms with Gasteiger partial charge in [0, 0.05) is 47.9 Å². The first kappa shape index (κ1) is 27.2. The van der Waals surface area contributed by atoms with Gasteiger partial charge in [0.15, 0.2) is 0 Å². The molecule has 0 saturated carbocycles. The Morgan fingerprint density at radius 1 is 1.03 bits per heavy atom. The molecule has 196 valence electrons. The van der Waals surface area contributed by atoms with Gasteiger partial charge in [-0.05, 0) is 47.4 Å². The van der Waals surface area contributed by atoms with E-state index in [1.165, 1.54) is 13.0 Å². The Hall–Kier alpha value is -3.81. The molecule has 1 aliphatic heterocycles. The Morgan fingerprint density at radius 3 is 2.47 bits per heavy atom. The van der Waals surface area contributed by atoms with Crippen LogP contribution in [0.15, 0.2) is 72.8 Å². The fourth-order valence-corrected chi connectivity index (χ4v) is 4.77. The molecule has 0 saturated heterocycles. The van der Waals surface area contributed by atoms with Crippen LogP contribution in [0.3, 0.4) is 0 Å². The van der Waals surface area contributed by atoms with Crippen molar-refractivity contribution in [1.82, 2.24) is 5.32 Å².